The summed E-state index contributed by atoms with van der Waals surface area (Å²) in [5.41, 5.74) is 6.71. The number of nitrogen functional groups attached to an aromatic ring is 1. The van der Waals surface area contributed by atoms with Gasteiger partial charge < -0.3 is 15.6 Å². The zero-order valence-corrected chi connectivity index (χ0v) is 13.1. The number of rotatable bonds is 5. The van der Waals surface area contributed by atoms with Crippen LogP contribution in [0, 0.1) is 5.82 Å². The van der Waals surface area contributed by atoms with Gasteiger partial charge in [-0.25, -0.2) is 9.18 Å². The van der Waals surface area contributed by atoms with Crippen molar-refractivity contribution in [1.29, 1.82) is 0 Å². The molecule has 0 amide bonds. The lowest BCUT2D eigenvalue weighted by molar-refractivity contribution is 0.0692. The Hall–Kier alpha value is -2.60. The highest BCUT2D eigenvalue weighted by atomic mass is 19.1. The first kappa shape index (κ1) is 16.3. The SMILES string of the molecule is Nc1cc(C(=O)O)c(F)cc1OC1CCN(Cc2ccccc2)C1. The summed E-state index contributed by atoms with van der Waals surface area (Å²) in [6.07, 6.45) is 0.722. The first-order valence-electron chi connectivity index (χ1n) is 7.78. The molecule has 2 aromatic rings. The summed E-state index contributed by atoms with van der Waals surface area (Å²) < 4.78 is 19.6. The number of hydrogen-bond acceptors (Lipinski definition) is 4. The number of nitrogens with zero attached hydrogens (tertiary/aromatic N) is 1. The van der Waals surface area contributed by atoms with Crippen LogP contribution in [-0.2, 0) is 6.54 Å². The maximum absolute atomic E-state index is 13.8. The Kier molecular flexibility index (Phi) is 4.66. The third-order valence-corrected chi connectivity index (χ3v) is 4.10. The molecule has 0 spiro atoms. The predicted molar refractivity (Wildman–Crippen MR) is 88.5 cm³/mol. The van der Waals surface area contributed by atoms with Crippen LogP contribution in [0.1, 0.15) is 22.3 Å². The summed E-state index contributed by atoms with van der Waals surface area (Å²) in [5.74, 6) is -1.99. The molecule has 0 aromatic heterocycles. The first-order chi connectivity index (χ1) is 11.5. The van der Waals surface area contributed by atoms with E-state index in [1.807, 2.05) is 18.2 Å². The Morgan fingerprint density at radius 3 is 2.79 bits per heavy atom. The Morgan fingerprint density at radius 2 is 2.08 bits per heavy atom. The lowest BCUT2D eigenvalue weighted by Gasteiger charge is -2.18. The fourth-order valence-electron chi connectivity index (χ4n) is 2.90. The molecule has 1 atom stereocenters. The van der Waals surface area contributed by atoms with Crippen molar-refractivity contribution in [2.45, 2.75) is 19.1 Å². The van der Waals surface area contributed by atoms with E-state index in [2.05, 4.69) is 17.0 Å². The fourth-order valence-corrected chi connectivity index (χ4v) is 2.90. The minimum Gasteiger partial charge on any atom is -0.487 e. The zero-order chi connectivity index (χ0) is 17.1. The van der Waals surface area contributed by atoms with E-state index in [1.54, 1.807) is 0 Å². The summed E-state index contributed by atoms with van der Waals surface area (Å²) >= 11 is 0. The van der Waals surface area contributed by atoms with Crippen LogP contribution in [-0.4, -0.2) is 35.2 Å². The van der Waals surface area contributed by atoms with Gasteiger partial charge in [-0.3, -0.25) is 4.90 Å². The van der Waals surface area contributed by atoms with Gasteiger partial charge >= 0.3 is 5.97 Å². The van der Waals surface area contributed by atoms with Gasteiger partial charge in [-0.2, -0.15) is 0 Å². The summed E-state index contributed by atoms with van der Waals surface area (Å²) in [6, 6.07) is 12.3. The van der Waals surface area contributed by atoms with Crippen LogP contribution in [0.2, 0.25) is 0 Å². The summed E-state index contributed by atoms with van der Waals surface area (Å²) in [5, 5.41) is 8.90. The number of halogens is 1. The highest BCUT2D eigenvalue weighted by Crippen LogP contribution is 2.28. The molecule has 1 aliphatic heterocycles. The lowest BCUT2D eigenvalue weighted by Crippen LogP contribution is -2.24. The largest absolute Gasteiger partial charge is 0.487 e. The van der Waals surface area contributed by atoms with Gasteiger partial charge in [0.05, 0.1) is 11.3 Å². The van der Waals surface area contributed by atoms with Crippen molar-refractivity contribution < 1.29 is 19.0 Å². The quantitative estimate of drug-likeness (QED) is 0.825. The molecule has 1 unspecified atom stereocenters. The van der Waals surface area contributed by atoms with Crippen LogP contribution >= 0.6 is 0 Å². The van der Waals surface area contributed by atoms with Gasteiger partial charge in [0.2, 0.25) is 0 Å². The van der Waals surface area contributed by atoms with Gasteiger partial charge in [-0.05, 0) is 18.1 Å². The van der Waals surface area contributed by atoms with Gasteiger partial charge in [0.1, 0.15) is 17.7 Å². The zero-order valence-electron chi connectivity index (χ0n) is 13.1. The van der Waals surface area contributed by atoms with E-state index in [0.29, 0.717) is 0 Å². The average Bonchev–Trinajstić information content (AvgIpc) is 2.98. The average molecular weight is 330 g/mol. The molecule has 0 aliphatic carbocycles. The first-order valence-corrected chi connectivity index (χ1v) is 7.78. The van der Waals surface area contributed by atoms with Gasteiger partial charge in [0.25, 0.3) is 0 Å². The van der Waals surface area contributed by atoms with Crippen molar-refractivity contribution in [3.8, 4) is 5.75 Å². The highest BCUT2D eigenvalue weighted by Gasteiger charge is 2.25. The number of carboxylic acids is 1. The third-order valence-electron chi connectivity index (χ3n) is 4.10. The number of hydrogen-bond donors (Lipinski definition) is 2. The summed E-state index contributed by atoms with van der Waals surface area (Å²) in [7, 11) is 0. The van der Waals surface area contributed by atoms with E-state index in [0.717, 1.165) is 38.2 Å². The number of benzene rings is 2. The van der Waals surface area contributed by atoms with Crippen LogP contribution in [0.5, 0.6) is 5.75 Å². The van der Waals surface area contributed by atoms with Crippen molar-refractivity contribution in [1.82, 2.24) is 4.90 Å². The standard InChI is InChI=1S/C18H19FN2O3/c19-15-9-17(16(20)8-14(15)18(22)23)24-13-6-7-21(11-13)10-12-4-2-1-3-5-12/h1-5,8-9,13H,6-7,10-11,20H2,(H,22,23). The molecule has 2 aromatic carbocycles. The number of aromatic carboxylic acids is 1. The highest BCUT2D eigenvalue weighted by molar-refractivity contribution is 5.89. The molecule has 1 heterocycles. The maximum atomic E-state index is 13.8. The van der Waals surface area contributed by atoms with Crippen molar-refractivity contribution in [2.24, 2.45) is 0 Å². The number of likely N-dealkylation sites (tertiary alicyclic amines) is 1. The topological polar surface area (TPSA) is 75.8 Å². The molecular formula is C18H19FN2O3. The van der Waals surface area contributed by atoms with E-state index in [9.17, 15) is 9.18 Å². The van der Waals surface area contributed by atoms with E-state index in [-0.39, 0.29) is 17.5 Å². The summed E-state index contributed by atoms with van der Waals surface area (Å²) in [6.45, 7) is 2.44. The fraction of sp³-hybridized carbons (Fsp3) is 0.278. The number of ether oxygens (including phenoxy) is 1. The second kappa shape index (κ2) is 6.88. The van der Waals surface area contributed by atoms with Crippen molar-refractivity contribution in [2.75, 3.05) is 18.8 Å². The minimum absolute atomic E-state index is 0.0916. The Morgan fingerprint density at radius 1 is 1.33 bits per heavy atom. The van der Waals surface area contributed by atoms with Crippen LogP contribution < -0.4 is 10.5 Å². The molecular weight excluding hydrogens is 311 g/mol. The van der Waals surface area contributed by atoms with E-state index >= 15 is 0 Å². The van der Waals surface area contributed by atoms with Crippen LogP contribution in [0.25, 0.3) is 0 Å². The number of carboxylic acid groups (broad SMARTS) is 1. The Balaban J connectivity index is 1.63. The Labute approximate surface area is 139 Å². The molecule has 1 fully saturated rings. The van der Waals surface area contributed by atoms with Crippen molar-refractivity contribution in [3.63, 3.8) is 0 Å². The molecule has 1 saturated heterocycles. The smallest absolute Gasteiger partial charge is 0.338 e. The molecule has 3 N–H and O–H groups in total. The number of anilines is 1. The van der Waals surface area contributed by atoms with Crippen LogP contribution in [0.3, 0.4) is 0 Å². The molecule has 0 radical (unpaired) electrons. The second-order valence-corrected chi connectivity index (χ2v) is 5.92. The number of nitrogens with two attached hydrogens (primary N) is 1. The maximum Gasteiger partial charge on any atom is 0.338 e. The molecule has 24 heavy (non-hydrogen) atoms. The minimum atomic E-state index is -1.35. The molecule has 6 heteroatoms. The second-order valence-electron chi connectivity index (χ2n) is 5.92. The van der Waals surface area contributed by atoms with Crippen LogP contribution in [0.15, 0.2) is 42.5 Å². The number of carbonyl (C=O) groups is 1. The monoisotopic (exact) mass is 330 g/mol. The third kappa shape index (κ3) is 3.65. The van der Waals surface area contributed by atoms with E-state index < -0.39 is 17.3 Å². The van der Waals surface area contributed by atoms with Gasteiger partial charge in [-0.15, -0.1) is 0 Å². The molecule has 126 valence electrons. The predicted octanol–water partition coefficient (Wildman–Crippen LogP) is 2.76. The summed E-state index contributed by atoms with van der Waals surface area (Å²) in [4.78, 5) is 13.2. The Bertz CT molecular complexity index is 737. The van der Waals surface area contributed by atoms with Crippen LogP contribution in [0.4, 0.5) is 10.1 Å². The van der Waals surface area contributed by atoms with Crippen molar-refractivity contribution in [3.05, 3.63) is 59.4 Å². The van der Waals surface area contributed by atoms with Crippen molar-refractivity contribution >= 4 is 11.7 Å². The lowest BCUT2D eigenvalue weighted by atomic mass is 10.1. The van der Waals surface area contributed by atoms with Gasteiger partial charge in [0, 0.05) is 25.7 Å². The van der Waals surface area contributed by atoms with E-state index in [4.69, 9.17) is 15.6 Å². The molecule has 3 rings (SSSR count). The van der Waals surface area contributed by atoms with Gasteiger partial charge in [0.15, 0.2) is 0 Å². The van der Waals surface area contributed by atoms with Gasteiger partial charge in [-0.1, -0.05) is 30.3 Å². The molecule has 5 nitrogen and oxygen atoms in total. The molecule has 0 bridgehead atoms. The molecule has 1 aliphatic rings. The van der Waals surface area contributed by atoms with E-state index in [1.165, 1.54) is 5.56 Å². The molecule has 0 saturated carbocycles. The normalized spacial score (nSPS) is 17.8.